The maximum absolute atomic E-state index is 12.6. The van der Waals surface area contributed by atoms with E-state index in [1.54, 1.807) is 30.4 Å². The zero-order valence-corrected chi connectivity index (χ0v) is 16.5. The van der Waals surface area contributed by atoms with Crippen LogP contribution in [0.25, 0.3) is 6.08 Å². The first kappa shape index (κ1) is 21.0. The Morgan fingerprint density at radius 3 is 2.36 bits per heavy atom. The summed E-state index contributed by atoms with van der Waals surface area (Å²) in [5.74, 6) is 0.525. The SMILES string of the molecule is C=CCc1cc(CC=C)c(OCC)c(C=CC(=O)c2ccc(NC)cc2)c1O. The Labute approximate surface area is 166 Å². The highest BCUT2D eigenvalue weighted by molar-refractivity contribution is 6.07. The Balaban J connectivity index is 2.47. The van der Waals surface area contributed by atoms with Gasteiger partial charge in [-0.2, -0.15) is 0 Å². The van der Waals surface area contributed by atoms with Crippen LogP contribution in [0.1, 0.15) is 34.0 Å². The Morgan fingerprint density at radius 2 is 1.79 bits per heavy atom. The lowest BCUT2D eigenvalue weighted by molar-refractivity contribution is 0.104. The van der Waals surface area contributed by atoms with Gasteiger partial charge >= 0.3 is 0 Å². The largest absolute Gasteiger partial charge is 0.507 e. The van der Waals surface area contributed by atoms with Crippen LogP contribution >= 0.6 is 0 Å². The molecule has 0 fully saturated rings. The molecule has 0 amide bonds. The number of rotatable bonds is 10. The minimum atomic E-state index is -0.149. The summed E-state index contributed by atoms with van der Waals surface area (Å²) in [5.41, 5.74) is 3.65. The van der Waals surface area contributed by atoms with Crippen LogP contribution in [-0.2, 0) is 12.8 Å². The molecule has 0 saturated carbocycles. The molecule has 0 aliphatic rings. The van der Waals surface area contributed by atoms with Crippen LogP contribution in [0.4, 0.5) is 5.69 Å². The quantitative estimate of drug-likeness (QED) is 0.340. The van der Waals surface area contributed by atoms with E-state index >= 15 is 0 Å². The van der Waals surface area contributed by atoms with Crippen molar-refractivity contribution in [2.45, 2.75) is 19.8 Å². The molecule has 0 bridgehead atoms. The number of ether oxygens (including phenoxy) is 1. The highest BCUT2D eigenvalue weighted by atomic mass is 16.5. The van der Waals surface area contributed by atoms with Gasteiger partial charge in [-0.3, -0.25) is 4.79 Å². The van der Waals surface area contributed by atoms with Gasteiger partial charge in [-0.05, 0) is 73.4 Å². The van der Waals surface area contributed by atoms with Crippen molar-refractivity contribution in [2.24, 2.45) is 0 Å². The number of aromatic hydroxyl groups is 1. The third-order valence-electron chi connectivity index (χ3n) is 4.32. The first-order chi connectivity index (χ1) is 13.5. The monoisotopic (exact) mass is 377 g/mol. The second kappa shape index (κ2) is 10.2. The average Bonchev–Trinajstić information content (AvgIpc) is 2.71. The molecule has 0 aliphatic heterocycles. The number of allylic oxidation sites excluding steroid dienone is 3. The first-order valence-corrected chi connectivity index (χ1v) is 9.28. The molecule has 0 saturated heterocycles. The second-order valence-corrected chi connectivity index (χ2v) is 6.23. The molecule has 2 N–H and O–H groups in total. The minimum Gasteiger partial charge on any atom is -0.507 e. The number of anilines is 1. The lowest BCUT2D eigenvalue weighted by atomic mass is 9.97. The number of carbonyl (C=O) groups excluding carboxylic acids is 1. The predicted molar refractivity (Wildman–Crippen MR) is 116 cm³/mol. The molecule has 2 aromatic carbocycles. The van der Waals surface area contributed by atoms with Gasteiger partial charge in [-0.15, -0.1) is 13.2 Å². The van der Waals surface area contributed by atoms with Crippen molar-refractivity contribution in [3.8, 4) is 11.5 Å². The Bertz CT molecular complexity index is 880. The highest BCUT2D eigenvalue weighted by Gasteiger charge is 2.16. The molecular formula is C24H27NO3. The van der Waals surface area contributed by atoms with E-state index in [0.29, 0.717) is 36.3 Å². The summed E-state index contributed by atoms with van der Waals surface area (Å²) in [6, 6.07) is 9.12. The average molecular weight is 377 g/mol. The van der Waals surface area contributed by atoms with Crippen molar-refractivity contribution in [2.75, 3.05) is 19.0 Å². The molecule has 2 rings (SSSR count). The van der Waals surface area contributed by atoms with Crippen LogP contribution in [-0.4, -0.2) is 24.5 Å². The van der Waals surface area contributed by atoms with Crippen LogP contribution in [0, 0.1) is 0 Å². The Morgan fingerprint density at radius 1 is 1.14 bits per heavy atom. The number of hydrogen-bond donors (Lipinski definition) is 2. The van der Waals surface area contributed by atoms with Gasteiger partial charge in [-0.25, -0.2) is 0 Å². The van der Waals surface area contributed by atoms with Crippen molar-refractivity contribution >= 4 is 17.5 Å². The fourth-order valence-corrected chi connectivity index (χ4v) is 2.94. The molecule has 0 unspecified atom stereocenters. The molecule has 146 valence electrons. The zero-order chi connectivity index (χ0) is 20.5. The topological polar surface area (TPSA) is 58.6 Å². The van der Waals surface area contributed by atoms with E-state index in [9.17, 15) is 9.90 Å². The predicted octanol–water partition coefficient (Wildman–Crippen LogP) is 5.19. The highest BCUT2D eigenvalue weighted by Crippen LogP contribution is 2.37. The van der Waals surface area contributed by atoms with Gasteiger partial charge in [-0.1, -0.05) is 12.2 Å². The Kier molecular flexibility index (Phi) is 7.64. The summed E-state index contributed by atoms with van der Waals surface area (Å²) >= 11 is 0. The van der Waals surface area contributed by atoms with E-state index in [2.05, 4.69) is 18.5 Å². The smallest absolute Gasteiger partial charge is 0.185 e. The first-order valence-electron chi connectivity index (χ1n) is 9.28. The number of phenolic OH excluding ortho intramolecular Hbond substituents is 1. The molecule has 4 heteroatoms. The van der Waals surface area contributed by atoms with E-state index in [0.717, 1.165) is 16.8 Å². The third kappa shape index (κ3) is 4.92. The number of hydrogen-bond acceptors (Lipinski definition) is 4. The summed E-state index contributed by atoms with van der Waals surface area (Å²) in [4.78, 5) is 12.6. The number of benzene rings is 2. The summed E-state index contributed by atoms with van der Waals surface area (Å²) in [5, 5.41) is 13.8. The summed E-state index contributed by atoms with van der Waals surface area (Å²) in [7, 11) is 1.83. The van der Waals surface area contributed by atoms with E-state index in [1.807, 2.05) is 32.2 Å². The van der Waals surface area contributed by atoms with Gasteiger partial charge in [0.05, 0.1) is 12.2 Å². The lowest BCUT2D eigenvalue weighted by Gasteiger charge is -2.17. The fourth-order valence-electron chi connectivity index (χ4n) is 2.94. The lowest BCUT2D eigenvalue weighted by Crippen LogP contribution is -2.02. The molecule has 28 heavy (non-hydrogen) atoms. The van der Waals surface area contributed by atoms with Crippen molar-refractivity contribution in [1.29, 1.82) is 0 Å². The van der Waals surface area contributed by atoms with Crippen molar-refractivity contribution in [3.05, 3.63) is 84.0 Å². The molecule has 0 spiro atoms. The normalized spacial score (nSPS) is 10.6. The number of phenols is 1. The maximum atomic E-state index is 12.6. The molecule has 0 heterocycles. The van der Waals surface area contributed by atoms with Gasteiger partial charge in [0.25, 0.3) is 0 Å². The molecule has 0 aromatic heterocycles. The van der Waals surface area contributed by atoms with Gasteiger partial charge in [0.15, 0.2) is 5.78 Å². The molecular weight excluding hydrogens is 350 g/mol. The number of nitrogens with one attached hydrogen (secondary N) is 1. The van der Waals surface area contributed by atoms with Crippen LogP contribution in [0.15, 0.2) is 61.7 Å². The standard InChI is InChI=1S/C24H27NO3/c1-5-8-18-16-19(9-6-2)24(28-7-3)21(23(18)27)14-15-22(26)17-10-12-20(25-4)13-11-17/h5-6,10-16,25,27H,1-2,7-9H2,3-4H3. The van der Waals surface area contributed by atoms with Gasteiger partial charge in [0.2, 0.25) is 0 Å². The zero-order valence-electron chi connectivity index (χ0n) is 16.5. The van der Waals surface area contributed by atoms with E-state index < -0.39 is 0 Å². The van der Waals surface area contributed by atoms with Crippen molar-refractivity contribution < 1.29 is 14.6 Å². The number of ketones is 1. The van der Waals surface area contributed by atoms with E-state index in [-0.39, 0.29) is 11.5 Å². The summed E-state index contributed by atoms with van der Waals surface area (Å²) in [6.45, 7) is 9.88. The molecule has 0 aliphatic carbocycles. The van der Waals surface area contributed by atoms with Gasteiger partial charge in [0, 0.05) is 18.3 Å². The van der Waals surface area contributed by atoms with Crippen LogP contribution in [0.3, 0.4) is 0 Å². The molecule has 0 radical (unpaired) electrons. The van der Waals surface area contributed by atoms with Gasteiger partial charge < -0.3 is 15.2 Å². The summed E-state index contributed by atoms with van der Waals surface area (Å²) in [6.07, 6.45) is 7.71. The Hall–Kier alpha value is -3.27. The maximum Gasteiger partial charge on any atom is 0.185 e. The minimum absolute atomic E-state index is 0.103. The van der Waals surface area contributed by atoms with Crippen LogP contribution < -0.4 is 10.1 Å². The molecule has 2 aromatic rings. The van der Waals surface area contributed by atoms with Crippen LogP contribution in [0.5, 0.6) is 11.5 Å². The van der Waals surface area contributed by atoms with Crippen LogP contribution in [0.2, 0.25) is 0 Å². The van der Waals surface area contributed by atoms with Gasteiger partial charge in [0.1, 0.15) is 11.5 Å². The third-order valence-corrected chi connectivity index (χ3v) is 4.32. The fraction of sp³-hybridized carbons (Fsp3) is 0.208. The second-order valence-electron chi connectivity index (χ2n) is 6.23. The molecule has 0 atom stereocenters. The van der Waals surface area contributed by atoms with Crippen molar-refractivity contribution in [3.63, 3.8) is 0 Å². The van der Waals surface area contributed by atoms with E-state index in [4.69, 9.17) is 4.74 Å². The number of carbonyl (C=O) groups is 1. The molecule has 4 nitrogen and oxygen atoms in total. The summed E-state index contributed by atoms with van der Waals surface area (Å²) < 4.78 is 5.80. The van der Waals surface area contributed by atoms with Crippen molar-refractivity contribution in [1.82, 2.24) is 0 Å². The van der Waals surface area contributed by atoms with E-state index in [1.165, 1.54) is 6.08 Å².